The molecule has 1 aliphatic heterocycles. The number of nitrogens with one attached hydrogen (secondary N) is 1. The molecule has 0 saturated heterocycles. The maximum atomic E-state index is 12.9. The summed E-state index contributed by atoms with van der Waals surface area (Å²) >= 11 is 5.90. The van der Waals surface area contributed by atoms with E-state index >= 15 is 0 Å². The summed E-state index contributed by atoms with van der Waals surface area (Å²) in [7, 11) is 0. The van der Waals surface area contributed by atoms with Gasteiger partial charge in [0.2, 0.25) is 0 Å². The van der Waals surface area contributed by atoms with E-state index in [-0.39, 0.29) is 17.0 Å². The van der Waals surface area contributed by atoms with Gasteiger partial charge in [0, 0.05) is 10.6 Å². The third kappa shape index (κ3) is 2.86. The van der Waals surface area contributed by atoms with Crippen molar-refractivity contribution in [1.29, 1.82) is 15.9 Å². The van der Waals surface area contributed by atoms with E-state index < -0.39 is 11.8 Å². The van der Waals surface area contributed by atoms with Crippen LogP contribution in [0.2, 0.25) is 5.02 Å². The number of rotatable bonds is 2. The topological polar surface area (TPSA) is 91.7 Å². The van der Waals surface area contributed by atoms with Crippen LogP contribution in [0.15, 0.2) is 54.1 Å². The summed E-state index contributed by atoms with van der Waals surface area (Å²) in [6.45, 7) is 1.91. The van der Waals surface area contributed by atoms with Crippen LogP contribution < -0.4 is 4.90 Å². The Labute approximate surface area is 155 Å². The molecular formula is C20H13ClN4O. The van der Waals surface area contributed by atoms with Crippen molar-refractivity contribution in [1.82, 2.24) is 0 Å². The van der Waals surface area contributed by atoms with Crippen molar-refractivity contribution in [2.45, 2.75) is 6.92 Å². The molecule has 5 nitrogen and oxygen atoms in total. The average Bonchev–Trinajstić information content (AvgIpc) is 2.64. The number of carbonyl (C=O) groups excluding carboxylic acids is 1. The smallest absolute Gasteiger partial charge is 0.274 e. The summed E-state index contributed by atoms with van der Waals surface area (Å²) in [6, 6.07) is 17.5. The largest absolute Gasteiger partial charge is 0.286 e. The highest BCUT2D eigenvalue weighted by molar-refractivity contribution is 6.32. The number of nitriles is 2. The van der Waals surface area contributed by atoms with Crippen molar-refractivity contribution in [2.24, 2.45) is 5.92 Å². The van der Waals surface area contributed by atoms with Crippen molar-refractivity contribution >= 4 is 34.6 Å². The predicted molar refractivity (Wildman–Crippen MR) is 99.5 cm³/mol. The van der Waals surface area contributed by atoms with E-state index in [1.54, 1.807) is 36.4 Å². The summed E-state index contributed by atoms with van der Waals surface area (Å²) in [6.07, 6.45) is 0. The van der Waals surface area contributed by atoms with Crippen LogP contribution in [0.5, 0.6) is 0 Å². The number of amidine groups is 1. The number of benzene rings is 2. The first-order chi connectivity index (χ1) is 12.5. The second-order valence-electron chi connectivity index (χ2n) is 5.83. The molecule has 0 fully saturated rings. The highest BCUT2D eigenvalue weighted by Gasteiger charge is 2.40. The number of nitrogens with zero attached hydrogens (tertiary/aromatic N) is 3. The van der Waals surface area contributed by atoms with Gasteiger partial charge in [-0.15, -0.1) is 0 Å². The standard InChI is InChI=1S/C20H13ClN4O/c1-12-2-8-15(9-3-12)25-19(24)16(10-22)18(17(11-23)20(25)26)13-4-6-14(21)7-5-13/h2-9,16,24H,1H3. The lowest BCUT2D eigenvalue weighted by molar-refractivity contribution is -0.114. The van der Waals surface area contributed by atoms with Gasteiger partial charge in [0.15, 0.2) is 0 Å². The molecule has 2 aromatic carbocycles. The van der Waals surface area contributed by atoms with Gasteiger partial charge in [0.25, 0.3) is 5.91 Å². The Hall–Kier alpha value is -3.41. The maximum Gasteiger partial charge on any atom is 0.274 e. The molecule has 0 radical (unpaired) electrons. The molecule has 0 saturated carbocycles. The molecule has 0 spiro atoms. The third-order valence-corrected chi connectivity index (χ3v) is 4.43. The first-order valence-corrected chi connectivity index (χ1v) is 8.15. The van der Waals surface area contributed by atoms with Crippen LogP contribution in [0.1, 0.15) is 11.1 Å². The maximum absolute atomic E-state index is 12.9. The van der Waals surface area contributed by atoms with Crippen LogP contribution in [0.3, 0.4) is 0 Å². The number of aryl methyl sites for hydroxylation is 1. The Bertz CT molecular complexity index is 1010. The van der Waals surface area contributed by atoms with E-state index in [1.165, 1.54) is 0 Å². The van der Waals surface area contributed by atoms with Crippen LogP contribution >= 0.6 is 11.6 Å². The highest BCUT2D eigenvalue weighted by Crippen LogP contribution is 2.36. The highest BCUT2D eigenvalue weighted by atomic mass is 35.5. The van der Waals surface area contributed by atoms with E-state index in [2.05, 4.69) is 6.07 Å². The summed E-state index contributed by atoms with van der Waals surface area (Å²) in [5.41, 5.74) is 2.08. The molecular weight excluding hydrogens is 348 g/mol. The van der Waals surface area contributed by atoms with Gasteiger partial charge in [-0.25, -0.2) is 0 Å². The van der Waals surface area contributed by atoms with Crippen molar-refractivity contribution < 1.29 is 4.79 Å². The Balaban J connectivity index is 2.20. The molecule has 1 amide bonds. The van der Waals surface area contributed by atoms with Crippen molar-refractivity contribution in [2.75, 3.05) is 4.90 Å². The fourth-order valence-electron chi connectivity index (χ4n) is 2.87. The minimum atomic E-state index is -1.04. The fourth-order valence-corrected chi connectivity index (χ4v) is 3.00. The van der Waals surface area contributed by atoms with Gasteiger partial charge in [0.05, 0.1) is 11.8 Å². The van der Waals surface area contributed by atoms with Crippen LogP contribution in [0.25, 0.3) is 5.57 Å². The monoisotopic (exact) mass is 360 g/mol. The number of hydrogen-bond acceptors (Lipinski definition) is 4. The number of amides is 1. The van der Waals surface area contributed by atoms with Crippen LogP contribution in [0.4, 0.5) is 5.69 Å². The van der Waals surface area contributed by atoms with E-state index in [0.29, 0.717) is 16.3 Å². The molecule has 2 aromatic rings. The van der Waals surface area contributed by atoms with Gasteiger partial charge < -0.3 is 0 Å². The Morgan fingerprint density at radius 1 is 1.08 bits per heavy atom. The quantitative estimate of drug-likeness (QED) is 0.874. The number of carbonyl (C=O) groups is 1. The molecule has 1 N–H and O–H groups in total. The van der Waals surface area contributed by atoms with Crippen LogP contribution in [0, 0.1) is 40.9 Å². The van der Waals surface area contributed by atoms with Gasteiger partial charge in [-0.05, 0) is 36.8 Å². The minimum absolute atomic E-state index is 0.143. The molecule has 0 aliphatic carbocycles. The molecule has 1 unspecified atom stereocenters. The molecule has 26 heavy (non-hydrogen) atoms. The molecule has 126 valence electrons. The van der Waals surface area contributed by atoms with Gasteiger partial charge in [-0.2, -0.15) is 10.5 Å². The summed E-state index contributed by atoms with van der Waals surface area (Å²) in [5.74, 6) is -1.83. The van der Waals surface area contributed by atoms with Gasteiger partial charge in [0.1, 0.15) is 23.4 Å². The number of hydrogen-bond donors (Lipinski definition) is 1. The van der Waals surface area contributed by atoms with Crippen molar-refractivity contribution in [3.8, 4) is 12.1 Å². The number of halogens is 1. The SMILES string of the molecule is Cc1ccc(N2C(=N)C(C#N)C(c3ccc(Cl)cc3)=C(C#N)C2=O)cc1. The second kappa shape index (κ2) is 6.84. The normalized spacial score (nSPS) is 17.1. The van der Waals surface area contributed by atoms with E-state index in [4.69, 9.17) is 17.0 Å². The lowest BCUT2D eigenvalue weighted by atomic mass is 9.84. The molecule has 0 bridgehead atoms. The lowest BCUT2D eigenvalue weighted by Crippen LogP contribution is -2.45. The van der Waals surface area contributed by atoms with Crippen molar-refractivity contribution in [3.63, 3.8) is 0 Å². The van der Waals surface area contributed by atoms with Crippen molar-refractivity contribution in [3.05, 3.63) is 70.3 Å². The van der Waals surface area contributed by atoms with Gasteiger partial charge in [-0.3, -0.25) is 15.1 Å². The summed E-state index contributed by atoms with van der Waals surface area (Å²) < 4.78 is 0. The van der Waals surface area contributed by atoms with Crippen LogP contribution in [-0.4, -0.2) is 11.7 Å². The van der Waals surface area contributed by atoms with E-state index in [0.717, 1.165) is 10.5 Å². The molecule has 6 heteroatoms. The zero-order valence-corrected chi connectivity index (χ0v) is 14.6. The van der Waals surface area contributed by atoms with Crippen LogP contribution in [-0.2, 0) is 4.79 Å². The summed E-state index contributed by atoms with van der Waals surface area (Å²) in [4.78, 5) is 14.1. The first-order valence-electron chi connectivity index (χ1n) is 7.77. The average molecular weight is 361 g/mol. The zero-order chi connectivity index (χ0) is 18.8. The third-order valence-electron chi connectivity index (χ3n) is 4.18. The second-order valence-corrected chi connectivity index (χ2v) is 6.27. The first kappa shape index (κ1) is 17.4. The summed E-state index contributed by atoms with van der Waals surface area (Å²) in [5, 5.41) is 28.2. The Morgan fingerprint density at radius 2 is 1.69 bits per heavy atom. The Kier molecular flexibility index (Phi) is 4.58. The van der Waals surface area contributed by atoms with E-state index in [1.807, 2.05) is 25.1 Å². The van der Waals surface area contributed by atoms with E-state index in [9.17, 15) is 15.3 Å². The molecule has 1 atom stereocenters. The lowest BCUT2D eigenvalue weighted by Gasteiger charge is -2.32. The number of anilines is 1. The molecule has 3 rings (SSSR count). The van der Waals surface area contributed by atoms with Gasteiger partial charge >= 0.3 is 0 Å². The molecule has 1 heterocycles. The van der Waals surface area contributed by atoms with Gasteiger partial charge in [-0.1, -0.05) is 41.4 Å². The zero-order valence-electron chi connectivity index (χ0n) is 13.8. The fraction of sp³-hybridized carbons (Fsp3) is 0.100. The molecule has 1 aliphatic rings. The Morgan fingerprint density at radius 3 is 2.23 bits per heavy atom. The molecule has 0 aromatic heterocycles. The predicted octanol–water partition coefficient (Wildman–Crippen LogP) is 4.09. The minimum Gasteiger partial charge on any atom is -0.286 e.